The molecule has 7 rings (SSSR count). The molecule has 9 nitrogen and oxygen atoms in total. The molecule has 2 saturated heterocycles. The van der Waals surface area contributed by atoms with Gasteiger partial charge in [0.1, 0.15) is 0 Å². The number of anilines is 2. The van der Waals surface area contributed by atoms with Crippen molar-refractivity contribution in [2.45, 2.75) is 32.6 Å². The fraction of sp³-hybridized carbons (Fsp3) is 0.371. The Kier molecular flexibility index (Phi) is 7.00. The van der Waals surface area contributed by atoms with Crippen LogP contribution in [0, 0.1) is 17.8 Å². The third-order valence-electron chi connectivity index (χ3n) is 9.67. The maximum Gasteiger partial charge on any atom is 0.238 e. The van der Waals surface area contributed by atoms with Crippen molar-refractivity contribution in [1.82, 2.24) is 0 Å². The number of nitrogens with zero attached hydrogens (tertiary/aromatic N) is 2. The highest BCUT2D eigenvalue weighted by atomic mass is 16.5. The first kappa shape index (κ1) is 28.3. The highest BCUT2D eigenvalue weighted by molar-refractivity contribution is 6.25. The molecule has 5 aliphatic rings. The summed E-state index contributed by atoms with van der Waals surface area (Å²) in [5.74, 6) is -2.94. The van der Waals surface area contributed by atoms with Crippen LogP contribution in [-0.2, 0) is 23.9 Å². The van der Waals surface area contributed by atoms with Gasteiger partial charge in [0, 0.05) is 41.4 Å². The van der Waals surface area contributed by atoms with Gasteiger partial charge < -0.3 is 19.5 Å². The molecule has 0 unspecified atom stereocenters. The maximum atomic E-state index is 14.2. The van der Waals surface area contributed by atoms with Crippen LogP contribution in [0.5, 0.6) is 11.5 Å². The molecule has 0 bridgehead atoms. The number of amides is 2. The summed E-state index contributed by atoms with van der Waals surface area (Å²) in [6, 6.07) is 12.5. The van der Waals surface area contributed by atoms with Gasteiger partial charge in [0.2, 0.25) is 11.8 Å². The number of morpholine rings is 1. The zero-order valence-corrected chi connectivity index (χ0v) is 24.7. The highest BCUT2D eigenvalue weighted by Gasteiger charge is 2.56. The fourth-order valence-electron chi connectivity index (χ4n) is 7.61. The van der Waals surface area contributed by atoms with Gasteiger partial charge in [-0.15, -0.1) is 0 Å². The predicted octanol–water partition coefficient (Wildman–Crippen LogP) is 4.26. The number of phenolic OH excluding ortho intramolecular Hbond substituents is 1. The predicted molar refractivity (Wildman–Crippen MR) is 163 cm³/mol. The molecule has 9 heteroatoms. The third-order valence-corrected chi connectivity index (χ3v) is 9.67. The minimum absolute atomic E-state index is 0.0242. The Morgan fingerprint density at radius 2 is 1.68 bits per heavy atom. The minimum atomic E-state index is -0.656. The summed E-state index contributed by atoms with van der Waals surface area (Å²) in [5.41, 5.74) is 4.27. The molecular formula is C35H34N2O7. The van der Waals surface area contributed by atoms with E-state index in [0.717, 1.165) is 24.4 Å². The number of allylic oxidation sites excluding steroid dienone is 6. The van der Waals surface area contributed by atoms with E-state index in [1.54, 1.807) is 19.1 Å². The van der Waals surface area contributed by atoms with Crippen molar-refractivity contribution >= 4 is 34.8 Å². The molecule has 44 heavy (non-hydrogen) atoms. The summed E-state index contributed by atoms with van der Waals surface area (Å²) in [6.07, 6.45) is 3.94. The van der Waals surface area contributed by atoms with E-state index < -0.39 is 23.7 Å². The molecule has 0 radical (unpaired) electrons. The number of carbonyl (C=O) groups excluding carboxylic acids is 4. The number of phenols is 1. The minimum Gasteiger partial charge on any atom is -0.504 e. The van der Waals surface area contributed by atoms with Crippen molar-refractivity contribution < 1.29 is 33.8 Å². The molecular weight excluding hydrogens is 560 g/mol. The number of hydrogen-bond acceptors (Lipinski definition) is 8. The number of hydrogen-bond donors (Lipinski definition) is 1. The maximum absolute atomic E-state index is 14.2. The van der Waals surface area contributed by atoms with Crippen molar-refractivity contribution in [2.75, 3.05) is 42.7 Å². The van der Waals surface area contributed by atoms with E-state index in [2.05, 4.69) is 4.90 Å². The van der Waals surface area contributed by atoms with E-state index in [9.17, 15) is 24.3 Å². The molecule has 0 aromatic heterocycles. The lowest BCUT2D eigenvalue weighted by molar-refractivity contribution is -0.123. The zero-order chi connectivity index (χ0) is 30.7. The first-order valence-electron chi connectivity index (χ1n) is 15.2. The second-order valence-corrected chi connectivity index (χ2v) is 12.0. The number of ether oxygens (including phenoxy) is 2. The SMILES string of the molecule is CCOc1cc([C@H]2C3=CC[C@@H]4C(=O)N(c5ccc(N6CCOCC6)cc5)C(=O)[C@@H]4[C@@H]3CC3=C2C(=O)C(C)=CC3=O)ccc1O. The Labute approximate surface area is 255 Å². The molecule has 226 valence electrons. The summed E-state index contributed by atoms with van der Waals surface area (Å²) < 4.78 is 11.1. The topological polar surface area (TPSA) is 113 Å². The third kappa shape index (κ3) is 4.40. The highest BCUT2D eigenvalue weighted by Crippen LogP contribution is 2.56. The van der Waals surface area contributed by atoms with Crippen LogP contribution < -0.4 is 14.5 Å². The van der Waals surface area contributed by atoms with Crippen LogP contribution in [0.15, 0.2) is 76.9 Å². The van der Waals surface area contributed by atoms with Crippen LogP contribution in [0.25, 0.3) is 0 Å². The molecule has 2 amide bonds. The van der Waals surface area contributed by atoms with Crippen LogP contribution >= 0.6 is 0 Å². The van der Waals surface area contributed by atoms with E-state index in [-0.39, 0.29) is 41.3 Å². The number of carbonyl (C=O) groups is 4. The largest absolute Gasteiger partial charge is 0.504 e. The Bertz CT molecular complexity index is 1680. The zero-order valence-electron chi connectivity index (χ0n) is 24.7. The first-order valence-corrected chi connectivity index (χ1v) is 15.2. The van der Waals surface area contributed by atoms with Crippen molar-refractivity contribution in [2.24, 2.45) is 17.8 Å². The van der Waals surface area contributed by atoms with Crippen LogP contribution in [0.3, 0.4) is 0 Å². The molecule has 2 aromatic carbocycles. The van der Waals surface area contributed by atoms with Crippen LogP contribution in [-0.4, -0.2) is 61.4 Å². The van der Waals surface area contributed by atoms with Crippen LogP contribution in [0.2, 0.25) is 0 Å². The molecule has 2 fully saturated rings. The van der Waals surface area contributed by atoms with Crippen molar-refractivity contribution in [3.05, 3.63) is 82.5 Å². The fourth-order valence-corrected chi connectivity index (χ4v) is 7.61. The van der Waals surface area contributed by atoms with Gasteiger partial charge >= 0.3 is 0 Å². The molecule has 3 aliphatic carbocycles. The summed E-state index contributed by atoms with van der Waals surface area (Å²) in [4.78, 5) is 58.6. The van der Waals surface area contributed by atoms with Crippen molar-refractivity contribution in [3.63, 3.8) is 0 Å². The average Bonchev–Trinajstić information content (AvgIpc) is 3.30. The van der Waals surface area contributed by atoms with Gasteiger partial charge in [-0.3, -0.25) is 24.1 Å². The van der Waals surface area contributed by atoms with Gasteiger partial charge in [0.25, 0.3) is 0 Å². The van der Waals surface area contributed by atoms with Gasteiger partial charge in [0.15, 0.2) is 23.1 Å². The number of aromatic hydroxyl groups is 1. The molecule has 1 N–H and O–H groups in total. The molecule has 2 aromatic rings. The number of imide groups is 1. The number of rotatable bonds is 5. The number of fused-ring (bicyclic) bond motifs is 3. The van der Waals surface area contributed by atoms with E-state index in [1.807, 2.05) is 37.3 Å². The van der Waals surface area contributed by atoms with Crippen molar-refractivity contribution in [1.29, 1.82) is 0 Å². The lowest BCUT2D eigenvalue weighted by Gasteiger charge is -2.42. The van der Waals surface area contributed by atoms with E-state index in [1.165, 1.54) is 17.0 Å². The van der Waals surface area contributed by atoms with E-state index in [4.69, 9.17) is 9.47 Å². The number of benzene rings is 2. The molecule has 0 spiro atoms. The Morgan fingerprint density at radius 1 is 0.955 bits per heavy atom. The van der Waals surface area contributed by atoms with Gasteiger partial charge in [-0.05, 0) is 80.6 Å². The quantitative estimate of drug-likeness (QED) is 0.311. The molecule has 2 aliphatic heterocycles. The lowest BCUT2D eigenvalue weighted by atomic mass is 9.59. The Hall–Kier alpha value is -4.50. The summed E-state index contributed by atoms with van der Waals surface area (Å²) in [7, 11) is 0. The van der Waals surface area contributed by atoms with Crippen LogP contribution in [0.4, 0.5) is 11.4 Å². The van der Waals surface area contributed by atoms with E-state index >= 15 is 0 Å². The standard InChI is InChI=1S/C35H34N2O7/c1-3-44-29-17-20(4-11-27(29)38)30-23-9-10-24-31(25(23)18-26-28(39)16-19(2)33(40)32(26)30)35(42)37(34(24)41)22-7-5-21(6-8-22)36-12-14-43-15-13-36/h4-9,11,16-17,24-25,30-31,38H,3,10,12-15,18H2,1-2H3/t24-,25+,30-,31-/m0/s1. The molecule has 2 heterocycles. The number of ketones is 2. The van der Waals surface area contributed by atoms with Gasteiger partial charge in [-0.2, -0.15) is 0 Å². The van der Waals surface area contributed by atoms with Gasteiger partial charge in [0.05, 0.1) is 37.3 Å². The van der Waals surface area contributed by atoms with Crippen LogP contribution in [0.1, 0.15) is 38.2 Å². The van der Waals surface area contributed by atoms with Gasteiger partial charge in [-0.1, -0.05) is 17.7 Å². The lowest BCUT2D eigenvalue weighted by Crippen LogP contribution is -2.39. The van der Waals surface area contributed by atoms with Crippen molar-refractivity contribution in [3.8, 4) is 11.5 Å². The summed E-state index contributed by atoms with van der Waals surface area (Å²) >= 11 is 0. The smallest absolute Gasteiger partial charge is 0.238 e. The number of Topliss-reactive ketones (excluding diaryl/α,β-unsaturated/α-hetero) is 1. The Balaban J connectivity index is 1.27. The molecule has 4 atom stereocenters. The van der Waals surface area contributed by atoms with E-state index in [0.29, 0.717) is 54.2 Å². The average molecular weight is 595 g/mol. The molecule has 0 saturated carbocycles. The second-order valence-electron chi connectivity index (χ2n) is 12.0. The normalized spacial score (nSPS) is 26.7. The summed E-state index contributed by atoms with van der Waals surface area (Å²) in [6.45, 7) is 6.67. The monoisotopic (exact) mass is 594 g/mol. The summed E-state index contributed by atoms with van der Waals surface area (Å²) in [5, 5.41) is 10.4. The first-order chi connectivity index (χ1) is 21.3. The van der Waals surface area contributed by atoms with Gasteiger partial charge in [-0.25, -0.2) is 0 Å². The second kappa shape index (κ2) is 10.9. The Morgan fingerprint density at radius 3 is 2.41 bits per heavy atom.